The summed E-state index contributed by atoms with van der Waals surface area (Å²) in [6, 6.07) is 15.6. The maximum absolute atomic E-state index is 13.3. The first kappa shape index (κ1) is 15.1. The molecule has 2 aromatic carbocycles. The molecule has 0 bridgehead atoms. The third-order valence-electron chi connectivity index (χ3n) is 5.15. The molecule has 0 atom stereocenters. The fourth-order valence-electron chi connectivity index (χ4n) is 4.00. The number of anilines is 2. The van der Waals surface area contributed by atoms with E-state index in [1.807, 2.05) is 53.4 Å². The summed E-state index contributed by atoms with van der Waals surface area (Å²) < 4.78 is 5.37. The second-order valence-corrected chi connectivity index (χ2v) is 6.60. The Balaban J connectivity index is 1.85. The number of carbonyl (C=O) groups excluding carboxylic acids is 1. The first-order chi connectivity index (χ1) is 11.7. The average Bonchev–Trinajstić information content (AvgIpc) is 2.63. The van der Waals surface area contributed by atoms with Gasteiger partial charge in [-0.15, -0.1) is 0 Å². The van der Waals surface area contributed by atoms with Gasteiger partial charge >= 0.3 is 0 Å². The number of nitrogens with zero attached hydrogens (tertiary/aromatic N) is 1. The molecule has 1 N–H and O–H groups in total. The van der Waals surface area contributed by atoms with Gasteiger partial charge in [-0.3, -0.25) is 9.69 Å². The highest BCUT2D eigenvalue weighted by atomic mass is 16.5. The molecule has 2 aromatic rings. The number of methoxy groups -OCH3 is 1. The molecule has 1 heterocycles. The Morgan fingerprint density at radius 2 is 1.83 bits per heavy atom. The van der Waals surface area contributed by atoms with Gasteiger partial charge in [-0.1, -0.05) is 24.6 Å². The van der Waals surface area contributed by atoms with Crippen molar-refractivity contribution in [3.63, 3.8) is 0 Å². The number of hydrogen-bond acceptors (Lipinski definition) is 3. The molecule has 1 saturated carbocycles. The number of benzene rings is 2. The Kier molecular flexibility index (Phi) is 3.68. The predicted octanol–water partition coefficient (Wildman–Crippen LogP) is 4.43. The maximum atomic E-state index is 13.3. The van der Waals surface area contributed by atoms with Crippen LogP contribution in [0.25, 0.3) is 0 Å². The van der Waals surface area contributed by atoms with Crippen LogP contribution >= 0.6 is 0 Å². The number of nitrogens with one attached hydrogen (secondary N) is 1. The molecule has 4 rings (SSSR count). The van der Waals surface area contributed by atoms with Crippen molar-refractivity contribution in [3.8, 4) is 5.75 Å². The lowest BCUT2D eigenvalue weighted by Crippen LogP contribution is -2.61. The quantitative estimate of drug-likeness (QED) is 0.889. The fourth-order valence-corrected chi connectivity index (χ4v) is 4.00. The molecule has 1 spiro atoms. The summed E-state index contributed by atoms with van der Waals surface area (Å²) in [5.41, 5.74) is 2.24. The molecule has 4 heteroatoms. The summed E-state index contributed by atoms with van der Waals surface area (Å²) in [6.07, 6.45) is 5.41. The minimum atomic E-state index is -0.337. The predicted molar refractivity (Wildman–Crippen MR) is 95.7 cm³/mol. The SMILES string of the molecule is COc1cccc(N2C(=O)c3ccccc3NC23CCCCC3)c1. The molecule has 0 radical (unpaired) electrons. The van der Waals surface area contributed by atoms with Crippen molar-refractivity contribution in [2.24, 2.45) is 0 Å². The molecule has 0 unspecified atom stereocenters. The Morgan fingerprint density at radius 1 is 1.04 bits per heavy atom. The Hall–Kier alpha value is -2.49. The van der Waals surface area contributed by atoms with Crippen LogP contribution in [0.1, 0.15) is 42.5 Å². The van der Waals surface area contributed by atoms with Gasteiger partial charge in [0.2, 0.25) is 0 Å². The highest BCUT2D eigenvalue weighted by Gasteiger charge is 2.46. The second-order valence-electron chi connectivity index (χ2n) is 6.60. The number of carbonyl (C=O) groups is 1. The van der Waals surface area contributed by atoms with Crippen molar-refractivity contribution in [2.45, 2.75) is 37.8 Å². The molecule has 4 nitrogen and oxygen atoms in total. The Labute approximate surface area is 142 Å². The van der Waals surface area contributed by atoms with E-state index in [-0.39, 0.29) is 11.6 Å². The van der Waals surface area contributed by atoms with Crippen LogP contribution in [0.3, 0.4) is 0 Å². The number of rotatable bonds is 2. The van der Waals surface area contributed by atoms with Crippen LogP contribution in [-0.2, 0) is 0 Å². The monoisotopic (exact) mass is 322 g/mol. The number of ether oxygens (including phenoxy) is 1. The van der Waals surface area contributed by atoms with Crippen LogP contribution in [-0.4, -0.2) is 18.7 Å². The van der Waals surface area contributed by atoms with Gasteiger partial charge in [0.1, 0.15) is 11.4 Å². The fraction of sp³-hybridized carbons (Fsp3) is 0.350. The minimum Gasteiger partial charge on any atom is -0.497 e. The minimum absolute atomic E-state index is 0.0690. The third-order valence-corrected chi connectivity index (χ3v) is 5.15. The van der Waals surface area contributed by atoms with Crippen molar-refractivity contribution in [3.05, 3.63) is 54.1 Å². The summed E-state index contributed by atoms with van der Waals surface area (Å²) in [4.78, 5) is 15.3. The molecule has 0 aromatic heterocycles. The number of fused-ring (bicyclic) bond motifs is 1. The van der Waals surface area contributed by atoms with Crippen molar-refractivity contribution in [2.75, 3.05) is 17.3 Å². The number of amides is 1. The van der Waals surface area contributed by atoms with Crippen molar-refractivity contribution < 1.29 is 9.53 Å². The molecule has 1 aliphatic carbocycles. The van der Waals surface area contributed by atoms with Crippen molar-refractivity contribution in [1.82, 2.24) is 0 Å². The lowest BCUT2D eigenvalue weighted by molar-refractivity contribution is 0.0938. The van der Waals surface area contributed by atoms with E-state index < -0.39 is 0 Å². The standard InChI is InChI=1S/C20H22N2O2/c1-24-16-9-7-8-15(14-16)22-19(23)17-10-3-4-11-18(17)21-20(22)12-5-2-6-13-20/h3-4,7-11,14,21H,2,5-6,12-13H2,1H3. The summed E-state index contributed by atoms with van der Waals surface area (Å²) in [6.45, 7) is 0. The third kappa shape index (κ3) is 2.33. The summed E-state index contributed by atoms with van der Waals surface area (Å²) >= 11 is 0. The Morgan fingerprint density at radius 3 is 2.62 bits per heavy atom. The van der Waals surface area contributed by atoms with Crippen molar-refractivity contribution >= 4 is 17.3 Å². The molecule has 24 heavy (non-hydrogen) atoms. The lowest BCUT2D eigenvalue weighted by Gasteiger charge is -2.50. The molecular weight excluding hydrogens is 300 g/mol. The van der Waals surface area contributed by atoms with E-state index in [4.69, 9.17) is 4.74 Å². The highest BCUT2D eigenvalue weighted by molar-refractivity contribution is 6.12. The smallest absolute Gasteiger partial charge is 0.262 e. The zero-order valence-electron chi connectivity index (χ0n) is 13.9. The molecule has 124 valence electrons. The van der Waals surface area contributed by atoms with E-state index in [2.05, 4.69) is 5.32 Å². The van der Waals surface area contributed by atoms with E-state index in [1.54, 1.807) is 7.11 Å². The molecular formula is C20H22N2O2. The topological polar surface area (TPSA) is 41.6 Å². The van der Waals surface area contributed by atoms with Gasteiger partial charge in [0, 0.05) is 11.8 Å². The van der Waals surface area contributed by atoms with Gasteiger partial charge in [-0.2, -0.15) is 0 Å². The zero-order valence-corrected chi connectivity index (χ0v) is 13.9. The normalized spacial score (nSPS) is 18.9. The lowest BCUT2D eigenvalue weighted by atomic mass is 9.84. The van der Waals surface area contributed by atoms with Gasteiger partial charge in [-0.05, 0) is 49.9 Å². The van der Waals surface area contributed by atoms with Crippen LogP contribution < -0.4 is 15.0 Å². The van der Waals surface area contributed by atoms with Crippen LogP contribution in [0, 0.1) is 0 Å². The zero-order chi connectivity index (χ0) is 16.6. The molecule has 1 amide bonds. The summed E-state index contributed by atoms with van der Waals surface area (Å²) in [5.74, 6) is 0.838. The van der Waals surface area contributed by atoms with Crippen LogP contribution in [0.4, 0.5) is 11.4 Å². The van der Waals surface area contributed by atoms with Gasteiger partial charge in [0.25, 0.3) is 5.91 Å². The van der Waals surface area contributed by atoms with Crippen LogP contribution in [0.2, 0.25) is 0 Å². The van der Waals surface area contributed by atoms with Crippen LogP contribution in [0.15, 0.2) is 48.5 Å². The first-order valence-electron chi connectivity index (χ1n) is 8.59. The van der Waals surface area contributed by atoms with Gasteiger partial charge < -0.3 is 10.1 Å². The van der Waals surface area contributed by atoms with E-state index in [0.29, 0.717) is 0 Å². The van der Waals surface area contributed by atoms with E-state index in [9.17, 15) is 4.79 Å². The number of hydrogen-bond donors (Lipinski definition) is 1. The molecule has 0 saturated heterocycles. The first-order valence-corrected chi connectivity index (χ1v) is 8.59. The largest absolute Gasteiger partial charge is 0.497 e. The van der Waals surface area contributed by atoms with Crippen LogP contribution in [0.5, 0.6) is 5.75 Å². The summed E-state index contributed by atoms with van der Waals surface area (Å²) in [5, 5.41) is 3.69. The summed E-state index contributed by atoms with van der Waals surface area (Å²) in [7, 11) is 1.65. The average molecular weight is 322 g/mol. The molecule has 2 aliphatic rings. The van der Waals surface area contributed by atoms with E-state index in [0.717, 1.165) is 48.4 Å². The maximum Gasteiger partial charge on any atom is 0.262 e. The number of para-hydroxylation sites is 1. The molecule has 1 fully saturated rings. The van der Waals surface area contributed by atoms with E-state index in [1.165, 1.54) is 6.42 Å². The Bertz CT molecular complexity index is 766. The van der Waals surface area contributed by atoms with Gasteiger partial charge in [0.15, 0.2) is 0 Å². The van der Waals surface area contributed by atoms with Gasteiger partial charge in [-0.25, -0.2) is 0 Å². The van der Waals surface area contributed by atoms with Crippen molar-refractivity contribution in [1.29, 1.82) is 0 Å². The second kappa shape index (κ2) is 5.86. The van der Waals surface area contributed by atoms with E-state index >= 15 is 0 Å². The highest BCUT2D eigenvalue weighted by Crippen LogP contribution is 2.43. The van der Waals surface area contributed by atoms with Gasteiger partial charge in [0.05, 0.1) is 18.4 Å². The molecule has 1 aliphatic heterocycles.